The van der Waals surface area contributed by atoms with E-state index in [9.17, 15) is 4.79 Å². The Morgan fingerprint density at radius 2 is 1.75 bits per heavy atom. The molecule has 24 heavy (non-hydrogen) atoms. The number of nitrogens with zero attached hydrogens (tertiary/aromatic N) is 2. The molecule has 0 spiro atoms. The van der Waals surface area contributed by atoms with Gasteiger partial charge in [-0.2, -0.15) is 0 Å². The van der Waals surface area contributed by atoms with Crippen LogP contribution in [0, 0.1) is 5.92 Å². The Morgan fingerprint density at radius 3 is 2.42 bits per heavy atom. The van der Waals surface area contributed by atoms with E-state index >= 15 is 0 Å². The number of rotatable bonds is 4. The van der Waals surface area contributed by atoms with Gasteiger partial charge >= 0.3 is 0 Å². The summed E-state index contributed by atoms with van der Waals surface area (Å²) in [6.45, 7) is 8.20. The monoisotopic (exact) mass is 329 g/mol. The first-order chi connectivity index (χ1) is 11.6. The van der Waals surface area contributed by atoms with Gasteiger partial charge in [-0.1, -0.05) is 38.0 Å². The van der Waals surface area contributed by atoms with Crippen molar-refractivity contribution in [3.63, 3.8) is 0 Å². The summed E-state index contributed by atoms with van der Waals surface area (Å²) < 4.78 is 0. The molecule has 1 amide bonds. The van der Waals surface area contributed by atoms with E-state index in [1.165, 1.54) is 24.9 Å². The summed E-state index contributed by atoms with van der Waals surface area (Å²) in [4.78, 5) is 17.4. The molecule has 1 aromatic rings. The lowest BCUT2D eigenvalue weighted by atomic mass is 9.86. The molecule has 1 aliphatic carbocycles. The number of hydrogen-bond donors (Lipinski definition) is 1. The number of benzene rings is 1. The lowest BCUT2D eigenvalue weighted by molar-refractivity contribution is -0.127. The third kappa shape index (κ3) is 4.10. The van der Waals surface area contributed by atoms with Crippen molar-refractivity contribution in [2.75, 3.05) is 31.1 Å². The lowest BCUT2D eigenvalue weighted by Crippen LogP contribution is -2.55. The van der Waals surface area contributed by atoms with Crippen LogP contribution in [-0.2, 0) is 4.79 Å². The van der Waals surface area contributed by atoms with Crippen LogP contribution >= 0.6 is 0 Å². The van der Waals surface area contributed by atoms with Crippen molar-refractivity contribution in [1.82, 2.24) is 10.2 Å². The maximum Gasteiger partial charge on any atom is 0.237 e. The number of carbonyl (C=O) groups is 1. The van der Waals surface area contributed by atoms with E-state index in [0.29, 0.717) is 12.0 Å². The number of para-hydroxylation sites is 1. The van der Waals surface area contributed by atoms with Gasteiger partial charge in [0.15, 0.2) is 0 Å². The smallest absolute Gasteiger partial charge is 0.237 e. The predicted molar refractivity (Wildman–Crippen MR) is 99.3 cm³/mol. The van der Waals surface area contributed by atoms with Crippen LogP contribution in [-0.4, -0.2) is 49.1 Å². The van der Waals surface area contributed by atoms with Gasteiger partial charge in [-0.15, -0.1) is 0 Å². The number of carbonyl (C=O) groups excluding carboxylic acids is 1. The van der Waals surface area contributed by atoms with Gasteiger partial charge in [-0.25, -0.2) is 0 Å². The minimum atomic E-state index is -0.0305. The summed E-state index contributed by atoms with van der Waals surface area (Å²) in [5.41, 5.74) is 1.28. The van der Waals surface area contributed by atoms with E-state index in [2.05, 4.69) is 59.3 Å². The zero-order valence-corrected chi connectivity index (χ0v) is 15.1. The molecule has 1 aliphatic heterocycles. The summed E-state index contributed by atoms with van der Waals surface area (Å²) in [5.74, 6) is 0.826. The third-order valence-electron chi connectivity index (χ3n) is 5.80. The molecule has 0 radical (unpaired) electrons. The summed E-state index contributed by atoms with van der Waals surface area (Å²) in [6, 6.07) is 10.9. The Morgan fingerprint density at radius 1 is 1.08 bits per heavy atom. The highest BCUT2D eigenvalue weighted by Gasteiger charge is 2.29. The number of amides is 1. The molecule has 0 unspecified atom stereocenters. The first-order valence-electron chi connectivity index (χ1n) is 9.49. The topological polar surface area (TPSA) is 35.6 Å². The third-order valence-corrected chi connectivity index (χ3v) is 5.80. The summed E-state index contributed by atoms with van der Waals surface area (Å²) >= 11 is 0. The molecule has 4 heteroatoms. The summed E-state index contributed by atoms with van der Waals surface area (Å²) in [7, 11) is 0. The second-order valence-electron chi connectivity index (χ2n) is 7.41. The molecule has 1 saturated carbocycles. The molecule has 132 valence electrons. The molecule has 1 aromatic carbocycles. The quantitative estimate of drug-likeness (QED) is 0.922. The summed E-state index contributed by atoms with van der Waals surface area (Å²) in [6.07, 6.45) is 4.94. The van der Waals surface area contributed by atoms with Gasteiger partial charge in [0.1, 0.15) is 0 Å². The molecule has 1 heterocycles. The first kappa shape index (κ1) is 17.3. The van der Waals surface area contributed by atoms with Crippen LogP contribution in [0.1, 0.15) is 39.5 Å². The highest BCUT2D eigenvalue weighted by Crippen LogP contribution is 2.24. The molecular weight excluding hydrogens is 298 g/mol. The summed E-state index contributed by atoms with van der Waals surface area (Å²) in [5, 5.41) is 3.31. The average Bonchev–Trinajstić information content (AvgIpc) is 2.64. The molecule has 0 bridgehead atoms. The number of hydrogen-bond acceptors (Lipinski definition) is 3. The van der Waals surface area contributed by atoms with Crippen LogP contribution < -0.4 is 10.2 Å². The minimum absolute atomic E-state index is 0.0305. The Labute approximate surface area is 146 Å². The van der Waals surface area contributed by atoms with Gasteiger partial charge in [-0.3, -0.25) is 9.69 Å². The number of nitrogens with one attached hydrogen (secondary N) is 1. The standard InChI is InChI=1S/C20H31N3O/c1-16-8-6-7-11-19(16)21-20(24)17(2)22-12-14-23(15-13-22)18-9-4-3-5-10-18/h3-5,9-10,16-17,19H,6-8,11-15H2,1-2H3,(H,21,24)/t16-,17+,19-/m0/s1. The maximum atomic E-state index is 12.6. The van der Waals surface area contributed by atoms with Crippen molar-refractivity contribution in [2.45, 2.75) is 51.6 Å². The van der Waals surface area contributed by atoms with Gasteiger partial charge in [-0.05, 0) is 37.8 Å². The van der Waals surface area contributed by atoms with Gasteiger partial charge in [0.25, 0.3) is 0 Å². The van der Waals surface area contributed by atoms with Crippen molar-refractivity contribution in [2.24, 2.45) is 5.92 Å². The number of anilines is 1. The minimum Gasteiger partial charge on any atom is -0.369 e. The van der Waals surface area contributed by atoms with Gasteiger partial charge < -0.3 is 10.2 Å². The van der Waals surface area contributed by atoms with E-state index in [0.717, 1.165) is 32.6 Å². The largest absolute Gasteiger partial charge is 0.369 e. The molecule has 2 aliphatic rings. The zero-order chi connectivity index (χ0) is 16.9. The lowest BCUT2D eigenvalue weighted by Gasteiger charge is -2.39. The molecule has 4 nitrogen and oxygen atoms in total. The fourth-order valence-corrected chi connectivity index (χ4v) is 4.01. The van der Waals surface area contributed by atoms with Crippen molar-refractivity contribution in [3.8, 4) is 0 Å². The van der Waals surface area contributed by atoms with Crippen LogP contribution in [0.15, 0.2) is 30.3 Å². The second-order valence-corrected chi connectivity index (χ2v) is 7.41. The Hall–Kier alpha value is -1.55. The Balaban J connectivity index is 1.49. The highest BCUT2D eigenvalue weighted by atomic mass is 16.2. The second kappa shape index (κ2) is 8.02. The van der Waals surface area contributed by atoms with E-state index in [1.54, 1.807) is 0 Å². The van der Waals surface area contributed by atoms with Crippen molar-refractivity contribution in [3.05, 3.63) is 30.3 Å². The van der Waals surface area contributed by atoms with E-state index in [4.69, 9.17) is 0 Å². The SMILES string of the molecule is C[C@H](C(=O)N[C@H]1CCCC[C@@H]1C)N1CCN(c2ccccc2)CC1. The molecule has 2 fully saturated rings. The molecule has 3 atom stereocenters. The molecule has 1 N–H and O–H groups in total. The highest BCUT2D eigenvalue weighted by molar-refractivity contribution is 5.81. The Bertz CT molecular complexity index is 525. The fourth-order valence-electron chi connectivity index (χ4n) is 4.01. The molecule has 0 aromatic heterocycles. The van der Waals surface area contributed by atoms with Crippen molar-refractivity contribution in [1.29, 1.82) is 0 Å². The Kier molecular flexibility index (Phi) is 5.77. The average molecular weight is 329 g/mol. The van der Waals surface area contributed by atoms with Crippen LogP contribution in [0.4, 0.5) is 5.69 Å². The van der Waals surface area contributed by atoms with E-state index in [-0.39, 0.29) is 11.9 Å². The van der Waals surface area contributed by atoms with Crippen LogP contribution in [0.5, 0.6) is 0 Å². The van der Waals surface area contributed by atoms with E-state index in [1.807, 2.05) is 0 Å². The van der Waals surface area contributed by atoms with E-state index < -0.39 is 0 Å². The number of piperazine rings is 1. The molecule has 1 saturated heterocycles. The molecular formula is C20H31N3O. The van der Waals surface area contributed by atoms with Crippen LogP contribution in [0.2, 0.25) is 0 Å². The van der Waals surface area contributed by atoms with Crippen molar-refractivity contribution < 1.29 is 4.79 Å². The predicted octanol–water partition coefficient (Wildman–Crippen LogP) is 2.89. The maximum absolute atomic E-state index is 12.6. The molecule has 3 rings (SSSR count). The van der Waals surface area contributed by atoms with Crippen LogP contribution in [0.25, 0.3) is 0 Å². The first-order valence-corrected chi connectivity index (χ1v) is 9.49. The van der Waals surface area contributed by atoms with Crippen molar-refractivity contribution >= 4 is 11.6 Å². The van der Waals surface area contributed by atoms with Gasteiger partial charge in [0, 0.05) is 37.9 Å². The normalized spacial score (nSPS) is 26.8. The fraction of sp³-hybridized carbons (Fsp3) is 0.650. The van der Waals surface area contributed by atoms with Gasteiger partial charge in [0.05, 0.1) is 6.04 Å². The van der Waals surface area contributed by atoms with Gasteiger partial charge in [0.2, 0.25) is 5.91 Å². The zero-order valence-electron chi connectivity index (χ0n) is 15.1. The van der Waals surface area contributed by atoms with Crippen LogP contribution in [0.3, 0.4) is 0 Å².